The summed E-state index contributed by atoms with van der Waals surface area (Å²) in [5.74, 6) is 0.300. The molecule has 10 heteroatoms. The molecular formula is C12H8F3N5O2. The molecule has 0 spiro atoms. The van der Waals surface area contributed by atoms with Crippen molar-refractivity contribution in [2.75, 3.05) is 12.4 Å². The number of ether oxygens (including phenoxy) is 1. The maximum atomic E-state index is 12.5. The number of hydrogen-bond donors (Lipinski definition) is 1. The fourth-order valence-corrected chi connectivity index (χ4v) is 1.73. The number of alkyl halides is 3. The van der Waals surface area contributed by atoms with E-state index in [0.29, 0.717) is 5.69 Å². The lowest BCUT2D eigenvalue weighted by Gasteiger charge is -2.10. The first-order chi connectivity index (χ1) is 10.5. The molecule has 0 aliphatic heterocycles. The van der Waals surface area contributed by atoms with Crippen molar-refractivity contribution in [3.63, 3.8) is 0 Å². The minimum absolute atomic E-state index is 0.114. The molecule has 0 unspecified atom stereocenters. The second-order valence-electron chi connectivity index (χ2n) is 4.19. The summed E-state index contributed by atoms with van der Waals surface area (Å²) in [6, 6.07) is 4.46. The number of anilines is 2. The van der Waals surface area contributed by atoms with Crippen LogP contribution in [0.15, 0.2) is 28.9 Å². The molecule has 0 amide bonds. The van der Waals surface area contributed by atoms with Crippen LogP contribution in [0.25, 0.3) is 11.3 Å². The van der Waals surface area contributed by atoms with Crippen LogP contribution in [0, 0.1) is 0 Å². The molecule has 7 nitrogen and oxygen atoms in total. The summed E-state index contributed by atoms with van der Waals surface area (Å²) >= 11 is 0. The monoisotopic (exact) mass is 311 g/mol. The average molecular weight is 311 g/mol. The lowest BCUT2D eigenvalue weighted by molar-refractivity contribution is -0.137. The van der Waals surface area contributed by atoms with E-state index in [1.165, 1.54) is 19.2 Å². The predicted molar refractivity (Wildman–Crippen MR) is 68.7 cm³/mol. The van der Waals surface area contributed by atoms with Crippen molar-refractivity contribution in [1.29, 1.82) is 0 Å². The van der Waals surface area contributed by atoms with Gasteiger partial charge in [-0.2, -0.15) is 23.1 Å². The summed E-state index contributed by atoms with van der Waals surface area (Å²) in [5, 5.41) is 9.87. The molecule has 114 valence electrons. The Morgan fingerprint density at radius 1 is 1.05 bits per heavy atom. The number of aromatic nitrogens is 4. The Balaban J connectivity index is 1.92. The Bertz CT molecular complexity index is 801. The number of rotatable bonds is 3. The highest BCUT2D eigenvalue weighted by Crippen LogP contribution is 2.31. The van der Waals surface area contributed by atoms with E-state index in [2.05, 4.69) is 30.2 Å². The Hall–Kier alpha value is -2.91. The minimum atomic E-state index is -4.39. The fraction of sp³-hybridized carbons (Fsp3) is 0.167. The van der Waals surface area contributed by atoms with Crippen molar-refractivity contribution in [1.82, 2.24) is 20.3 Å². The lowest BCUT2D eigenvalue weighted by Crippen LogP contribution is -2.05. The smallest absolute Gasteiger partial charge is 0.416 e. The normalized spacial score (nSPS) is 11.6. The van der Waals surface area contributed by atoms with Crippen molar-refractivity contribution in [2.24, 2.45) is 0 Å². The average Bonchev–Trinajstić information content (AvgIpc) is 2.93. The second-order valence-corrected chi connectivity index (χ2v) is 4.19. The van der Waals surface area contributed by atoms with E-state index in [4.69, 9.17) is 4.74 Å². The molecule has 0 fully saturated rings. The van der Waals surface area contributed by atoms with Gasteiger partial charge in [0.05, 0.1) is 12.7 Å². The standard InChI is InChI=1S/C12H8F3N5O2/c1-21-11-10(17-8-9(18-11)20-22-19-8)16-7-4-2-6(3-5-7)12(13,14)15/h2-5H,1H3,(H,16,17,19). The summed E-state index contributed by atoms with van der Waals surface area (Å²) in [5.41, 5.74) is -0.0475. The van der Waals surface area contributed by atoms with Gasteiger partial charge in [0.2, 0.25) is 11.3 Å². The van der Waals surface area contributed by atoms with Crippen molar-refractivity contribution in [3.05, 3.63) is 29.8 Å². The van der Waals surface area contributed by atoms with Gasteiger partial charge in [-0.25, -0.2) is 4.63 Å². The van der Waals surface area contributed by atoms with Gasteiger partial charge < -0.3 is 10.1 Å². The number of fused-ring (bicyclic) bond motifs is 1. The molecule has 3 aromatic rings. The van der Waals surface area contributed by atoms with E-state index in [0.717, 1.165) is 12.1 Å². The van der Waals surface area contributed by atoms with Crippen LogP contribution in [0.4, 0.5) is 24.7 Å². The van der Waals surface area contributed by atoms with Gasteiger partial charge in [0.25, 0.3) is 5.88 Å². The van der Waals surface area contributed by atoms with Gasteiger partial charge >= 0.3 is 6.18 Å². The van der Waals surface area contributed by atoms with Gasteiger partial charge in [-0.15, -0.1) is 0 Å². The summed E-state index contributed by atoms with van der Waals surface area (Å²) in [6.45, 7) is 0. The molecular weight excluding hydrogens is 303 g/mol. The third-order valence-electron chi connectivity index (χ3n) is 2.75. The van der Waals surface area contributed by atoms with Crippen LogP contribution in [0.2, 0.25) is 0 Å². The van der Waals surface area contributed by atoms with Gasteiger partial charge in [0.1, 0.15) is 0 Å². The van der Waals surface area contributed by atoms with Crippen molar-refractivity contribution < 1.29 is 22.5 Å². The fourth-order valence-electron chi connectivity index (χ4n) is 1.73. The van der Waals surface area contributed by atoms with Crippen molar-refractivity contribution >= 4 is 22.8 Å². The highest BCUT2D eigenvalue weighted by Gasteiger charge is 2.30. The van der Waals surface area contributed by atoms with Crippen LogP contribution >= 0.6 is 0 Å². The van der Waals surface area contributed by atoms with Crippen LogP contribution in [-0.4, -0.2) is 27.4 Å². The summed E-state index contributed by atoms with van der Waals surface area (Å²) in [7, 11) is 1.38. The molecule has 1 aromatic carbocycles. The SMILES string of the molecule is COc1nc2nonc2nc1Nc1ccc(C(F)(F)F)cc1. The summed E-state index contributed by atoms with van der Waals surface area (Å²) in [4.78, 5) is 8.10. The Morgan fingerprint density at radius 3 is 2.27 bits per heavy atom. The van der Waals surface area contributed by atoms with Crippen LogP contribution in [0.1, 0.15) is 5.56 Å². The predicted octanol–water partition coefficient (Wildman–Crippen LogP) is 2.78. The van der Waals surface area contributed by atoms with Gasteiger partial charge in [-0.05, 0) is 34.6 Å². The first-order valence-electron chi connectivity index (χ1n) is 5.96. The number of benzene rings is 1. The van der Waals surface area contributed by atoms with Crippen LogP contribution < -0.4 is 10.1 Å². The Labute approximate surface area is 121 Å². The maximum Gasteiger partial charge on any atom is 0.416 e. The zero-order valence-corrected chi connectivity index (χ0v) is 11.0. The molecule has 0 atom stereocenters. The molecule has 0 saturated heterocycles. The van der Waals surface area contributed by atoms with Gasteiger partial charge in [-0.3, -0.25) is 0 Å². The molecule has 22 heavy (non-hydrogen) atoms. The zero-order chi connectivity index (χ0) is 15.7. The number of methoxy groups -OCH3 is 1. The van der Waals surface area contributed by atoms with Crippen LogP contribution in [0.3, 0.4) is 0 Å². The minimum Gasteiger partial charge on any atom is -0.478 e. The first-order valence-corrected chi connectivity index (χ1v) is 5.96. The third-order valence-corrected chi connectivity index (χ3v) is 2.75. The molecule has 2 aromatic heterocycles. The molecule has 0 bridgehead atoms. The van der Waals surface area contributed by atoms with Crippen LogP contribution in [0.5, 0.6) is 5.88 Å². The Kier molecular flexibility index (Phi) is 3.28. The maximum absolute atomic E-state index is 12.5. The van der Waals surface area contributed by atoms with E-state index in [-0.39, 0.29) is 23.0 Å². The van der Waals surface area contributed by atoms with Gasteiger partial charge in [0, 0.05) is 5.69 Å². The van der Waals surface area contributed by atoms with E-state index in [1.54, 1.807) is 0 Å². The first kappa shape index (κ1) is 14.0. The van der Waals surface area contributed by atoms with E-state index >= 15 is 0 Å². The molecule has 2 heterocycles. The van der Waals surface area contributed by atoms with Gasteiger partial charge in [-0.1, -0.05) is 0 Å². The van der Waals surface area contributed by atoms with E-state index < -0.39 is 11.7 Å². The topological polar surface area (TPSA) is 86.0 Å². The highest BCUT2D eigenvalue weighted by atomic mass is 19.4. The van der Waals surface area contributed by atoms with E-state index in [1.807, 2.05) is 0 Å². The van der Waals surface area contributed by atoms with Gasteiger partial charge in [0.15, 0.2) is 5.82 Å². The summed E-state index contributed by atoms with van der Waals surface area (Å²) < 4.78 is 47.1. The number of nitrogens with one attached hydrogen (secondary N) is 1. The quantitative estimate of drug-likeness (QED) is 0.796. The molecule has 3 rings (SSSR count). The number of nitrogens with zero attached hydrogens (tertiary/aromatic N) is 4. The highest BCUT2D eigenvalue weighted by molar-refractivity contribution is 5.71. The van der Waals surface area contributed by atoms with Crippen molar-refractivity contribution in [3.8, 4) is 5.88 Å². The second kappa shape index (κ2) is 5.13. The largest absolute Gasteiger partial charge is 0.478 e. The van der Waals surface area contributed by atoms with Crippen molar-refractivity contribution in [2.45, 2.75) is 6.18 Å². The molecule has 0 saturated carbocycles. The molecule has 1 N–H and O–H groups in total. The molecule has 0 aliphatic rings. The third kappa shape index (κ3) is 2.62. The van der Waals surface area contributed by atoms with Crippen LogP contribution in [-0.2, 0) is 6.18 Å². The molecule has 0 radical (unpaired) electrons. The molecule has 0 aliphatic carbocycles. The number of hydrogen-bond acceptors (Lipinski definition) is 7. The number of halogens is 3. The Morgan fingerprint density at radius 2 is 1.68 bits per heavy atom. The zero-order valence-electron chi connectivity index (χ0n) is 11.0. The lowest BCUT2D eigenvalue weighted by atomic mass is 10.2. The summed E-state index contributed by atoms with van der Waals surface area (Å²) in [6.07, 6.45) is -4.39. The van der Waals surface area contributed by atoms with E-state index in [9.17, 15) is 13.2 Å².